The molecule has 2 amide bonds. The van der Waals surface area contributed by atoms with Gasteiger partial charge in [-0.15, -0.1) is 0 Å². The van der Waals surface area contributed by atoms with Crippen LogP contribution in [0.1, 0.15) is 50.7 Å². The average Bonchev–Trinajstić information content (AvgIpc) is 2.81. The highest BCUT2D eigenvalue weighted by molar-refractivity contribution is 7.92. The highest BCUT2D eigenvalue weighted by atomic mass is 35.5. The molecule has 0 saturated carbocycles. The second kappa shape index (κ2) is 13.9. The SMILES string of the molecule is CCCCNC(=O)[C@H](C)N(Cc1ccc(Cl)c(Cl)c1)C(=O)CCCN(c1cccc(C)c1)S(C)(=O)=O. The number of amides is 2. The maximum Gasteiger partial charge on any atom is 0.242 e. The van der Waals surface area contributed by atoms with Crippen LogP contribution in [0.2, 0.25) is 10.0 Å². The third-order valence-corrected chi connectivity index (χ3v) is 7.71. The Morgan fingerprint density at radius 2 is 1.78 bits per heavy atom. The molecule has 0 bridgehead atoms. The molecule has 2 aromatic rings. The molecule has 0 unspecified atom stereocenters. The van der Waals surface area contributed by atoms with Crippen molar-refractivity contribution in [1.29, 1.82) is 0 Å². The molecular formula is C26H35Cl2N3O4S. The molecule has 7 nitrogen and oxygen atoms in total. The predicted octanol–water partition coefficient (Wildman–Crippen LogP) is 5.18. The van der Waals surface area contributed by atoms with E-state index >= 15 is 0 Å². The van der Waals surface area contributed by atoms with Gasteiger partial charge in [-0.05, 0) is 62.1 Å². The summed E-state index contributed by atoms with van der Waals surface area (Å²) in [5, 5.41) is 3.65. The summed E-state index contributed by atoms with van der Waals surface area (Å²) < 4.78 is 26.2. The zero-order valence-corrected chi connectivity index (χ0v) is 23.6. The van der Waals surface area contributed by atoms with Gasteiger partial charge in [0.1, 0.15) is 6.04 Å². The third kappa shape index (κ3) is 8.98. The van der Waals surface area contributed by atoms with Gasteiger partial charge in [-0.3, -0.25) is 13.9 Å². The average molecular weight is 557 g/mol. The standard InChI is InChI=1S/C26H35Cl2N3O4S/c1-5-6-14-29-26(33)20(3)30(18-21-12-13-23(27)24(28)17-21)25(32)11-8-15-31(36(4,34)35)22-10-7-9-19(2)16-22/h7,9-10,12-13,16-17,20H,5-6,8,11,14-15,18H2,1-4H3,(H,29,33)/t20-/m0/s1. The molecule has 0 fully saturated rings. The van der Waals surface area contributed by atoms with E-state index in [1.807, 2.05) is 19.9 Å². The molecule has 2 rings (SSSR count). The number of sulfonamides is 1. The number of halogens is 2. The molecule has 0 saturated heterocycles. The predicted molar refractivity (Wildman–Crippen MR) is 147 cm³/mol. The van der Waals surface area contributed by atoms with Crippen LogP contribution < -0.4 is 9.62 Å². The highest BCUT2D eigenvalue weighted by Gasteiger charge is 2.26. The second-order valence-electron chi connectivity index (χ2n) is 8.87. The highest BCUT2D eigenvalue weighted by Crippen LogP contribution is 2.24. The zero-order chi connectivity index (χ0) is 26.9. The van der Waals surface area contributed by atoms with E-state index in [2.05, 4.69) is 5.32 Å². The summed E-state index contributed by atoms with van der Waals surface area (Å²) in [4.78, 5) is 27.6. The number of benzene rings is 2. The summed E-state index contributed by atoms with van der Waals surface area (Å²) in [6.07, 6.45) is 3.31. The summed E-state index contributed by atoms with van der Waals surface area (Å²) in [7, 11) is -3.54. The summed E-state index contributed by atoms with van der Waals surface area (Å²) in [6, 6.07) is 11.6. The lowest BCUT2D eigenvalue weighted by atomic mass is 10.1. The maximum absolute atomic E-state index is 13.3. The molecule has 1 N–H and O–H groups in total. The lowest BCUT2D eigenvalue weighted by Gasteiger charge is -2.29. The van der Waals surface area contributed by atoms with Crippen molar-refractivity contribution in [3.05, 3.63) is 63.6 Å². The second-order valence-corrected chi connectivity index (χ2v) is 11.6. The minimum atomic E-state index is -3.54. The fourth-order valence-corrected chi connectivity index (χ4v) is 5.02. The van der Waals surface area contributed by atoms with Gasteiger partial charge in [0.25, 0.3) is 0 Å². The number of carbonyl (C=O) groups excluding carboxylic acids is 2. The number of nitrogens with zero attached hydrogens (tertiary/aromatic N) is 2. The molecule has 0 aliphatic carbocycles. The van der Waals surface area contributed by atoms with Gasteiger partial charge in [0.15, 0.2) is 0 Å². The number of hydrogen-bond donors (Lipinski definition) is 1. The van der Waals surface area contributed by atoms with E-state index in [4.69, 9.17) is 23.2 Å². The first-order valence-electron chi connectivity index (χ1n) is 12.0. The van der Waals surface area contributed by atoms with Crippen LogP contribution in [0.25, 0.3) is 0 Å². The van der Waals surface area contributed by atoms with Gasteiger partial charge in [-0.2, -0.15) is 0 Å². The van der Waals surface area contributed by atoms with E-state index in [1.165, 1.54) is 9.21 Å². The number of nitrogens with one attached hydrogen (secondary N) is 1. The van der Waals surface area contributed by atoms with Crippen molar-refractivity contribution in [2.75, 3.05) is 23.7 Å². The molecule has 0 heterocycles. The minimum Gasteiger partial charge on any atom is -0.354 e. The molecule has 198 valence electrons. The normalized spacial score (nSPS) is 12.2. The van der Waals surface area contributed by atoms with Crippen LogP contribution in [0.4, 0.5) is 5.69 Å². The molecule has 2 aromatic carbocycles. The summed E-state index contributed by atoms with van der Waals surface area (Å²) in [5.74, 6) is -0.494. The Hall–Kier alpha value is -2.29. The van der Waals surface area contributed by atoms with Crippen LogP contribution in [0.5, 0.6) is 0 Å². The van der Waals surface area contributed by atoms with Crippen molar-refractivity contribution in [3.8, 4) is 0 Å². The number of rotatable bonds is 13. The summed E-state index contributed by atoms with van der Waals surface area (Å²) >= 11 is 12.2. The van der Waals surface area contributed by atoms with Crippen LogP contribution in [-0.4, -0.2) is 50.5 Å². The molecule has 0 aromatic heterocycles. The molecular weight excluding hydrogens is 521 g/mol. The number of unbranched alkanes of at least 4 members (excludes halogenated alkanes) is 1. The Bertz CT molecular complexity index is 1160. The number of anilines is 1. The number of carbonyl (C=O) groups is 2. The first-order valence-corrected chi connectivity index (χ1v) is 14.6. The van der Waals surface area contributed by atoms with Crippen LogP contribution in [0, 0.1) is 6.92 Å². The van der Waals surface area contributed by atoms with E-state index in [9.17, 15) is 18.0 Å². The number of hydrogen-bond acceptors (Lipinski definition) is 4. The number of aryl methyl sites for hydroxylation is 1. The van der Waals surface area contributed by atoms with Gasteiger partial charge >= 0.3 is 0 Å². The van der Waals surface area contributed by atoms with E-state index in [-0.39, 0.29) is 31.3 Å². The minimum absolute atomic E-state index is 0.0751. The Kier molecular flexibility index (Phi) is 11.5. The van der Waals surface area contributed by atoms with Crippen molar-refractivity contribution in [1.82, 2.24) is 10.2 Å². The molecule has 0 spiro atoms. The quantitative estimate of drug-likeness (QED) is 0.345. The summed E-state index contributed by atoms with van der Waals surface area (Å²) in [6.45, 7) is 6.46. The van der Waals surface area contributed by atoms with Gasteiger partial charge in [0.2, 0.25) is 21.8 Å². The lowest BCUT2D eigenvalue weighted by Crippen LogP contribution is -2.48. The van der Waals surface area contributed by atoms with Crippen molar-refractivity contribution in [2.45, 2.75) is 59.0 Å². The zero-order valence-electron chi connectivity index (χ0n) is 21.3. The third-order valence-electron chi connectivity index (χ3n) is 5.78. The Balaban J connectivity index is 2.17. The largest absolute Gasteiger partial charge is 0.354 e. The molecule has 0 aliphatic heterocycles. The topological polar surface area (TPSA) is 86.8 Å². The van der Waals surface area contributed by atoms with Crippen LogP contribution in [0.15, 0.2) is 42.5 Å². The van der Waals surface area contributed by atoms with Crippen LogP contribution in [0.3, 0.4) is 0 Å². The van der Waals surface area contributed by atoms with Crippen LogP contribution >= 0.6 is 23.2 Å². The maximum atomic E-state index is 13.3. The van der Waals surface area contributed by atoms with E-state index in [1.54, 1.807) is 43.3 Å². The van der Waals surface area contributed by atoms with E-state index < -0.39 is 16.1 Å². The molecule has 36 heavy (non-hydrogen) atoms. The van der Waals surface area contributed by atoms with Gasteiger partial charge in [-0.25, -0.2) is 8.42 Å². The first-order chi connectivity index (χ1) is 16.9. The van der Waals surface area contributed by atoms with Crippen molar-refractivity contribution in [3.63, 3.8) is 0 Å². The Labute approximate surface area is 224 Å². The molecule has 0 radical (unpaired) electrons. The monoisotopic (exact) mass is 555 g/mol. The first kappa shape index (κ1) is 29.9. The summed E-state index contributed by atoms with van der Waals surface area (Å²) in [5.41, 5.74) is 2.23. The van der Waals surface area contributed by atoms with Gasteiger partial charge in [-0.1, -0.05) is 54.7 Å². The van der Waals surface area contributed by atoms with Crippen molar-refractivity contribution in [2.24, 2.45) is 0 Å². The van der Waals surface area contributed by atoms with Gasteiger partial charge in [0, 0.05) is 26.1 Å². The molecule has 0 aliphatic rings. The Morgan fingerprint density at radius 3 is 2.39 bits per heavy atom. The van der Waals surface area contributed by atoms with Crippen LogP contribution in [-0.2, 0) is 26.2 Å². The Morgan fingerprint density at radius 1 is 1.06 bits per heavy atom. The van der Waals surface area contributed by atoms with Gasteiger partial charge in [0.05, 0.1) is 22.0 Å². The van der Waals surface area contributed by atoms with Gasteiger partial charge < -0.3 is 10.2 Å². The lowest BCUT2D eigenvalue weighted by molar-refractivity contribution is -0.140. The van der Waals surface area contributed by atoms with Crippen molar-refractivity contribution < 1.29 is 18.0 Å². The molecule has 1 atom stereocenters. The van der Waals surface area contributed by atoms with E-state index in [0.29, 0.717) is 28.7 Å². The van der Waals surface area contributed by atoms with Crippen molar-refractivity contribution >= 4 is 50.7 Å². The fourth-order valence-electron chi connectivity index (χ4n) is 3.74. The van der Waals surface area contributed by atoms with E-state index in [0.717, 1.165) is 30.2 Å². The molecule has 10 heteroatoms. The fraction of sp³-hybridized carbons (Fsp3) is 0.462. The smallest absolute Gasteiger partial charge is 0.242 e.